The van der Waals surface area contributed by atoms with E-state index >= 15 is 0 Å². The lowest BCUT2D eigenvalue weighted by molar-refractivity contribution is -0.137. The predicted molar refractivity (Wildman–Crippen MR) is 56.2 cm³/mol. The molecule has 0 radical (unpaired) electrons. The van der Waals surface area contributed by atoms with Gasteiger partial charge >= 0.3 is 5.97 Å². The Kier molecular flexibility index (Phi) is 4.14. The van der Waals surface area contributed by atoms with Gasteiger partial charge in [-0.3, -0.25) is 9.69 Å². The lowest BCUT2D eigenvalue weighted by atomic mass is 10.0. The zero-order valence-corrected chi connectivity index (χ0v) is 8.83. The maximum absolute atomic E-state index is 10.4. The third kappa shape index (κ3) is 3.92. The van der Waals surface area contributed by atoms with Crippen LogP contribution >= 0.6 is 0 Å². The number of carbonyl (C=O) groups is 1. The molecule has 80 valence electrons. The van der Waals surface area contributed by atoms with Crippen molar-refractivity contribution in [2.24, 2.45) is 5.92 Å². The third-order valence-corrected chi connectivity index (χ3v) is 2.63. The summed E-state index contributed by atoms with van der Waals surface area (Å²) in [6.07, 6.45) is 2.27. The minimum Gasteiger partial charge on any atom is -0.481 e. The summed E-state index contributed by atoms with van der Waals surface area (Å²) in [7, 11) is 0. The Morgan fingerprint density at radius 1 is 1.64 bits per heavy atom. The fourth-order valence-corrected chi connectivity index (χ4v) is 2.00. The average Bonchev–Trinajstić information content (AvgIpc) is 2.47. The highest BCUT2D eigenvalue weighted by molar-refractivity contribution is 5.66. The number of likely N-dealkylation sites (tertiary alicyclic amines) is 1. The summed E-state index contributed by atoms with van der Waals surface area (Å²) < 4.78 is 0. The number of carboxylic acids is 1. The molecule has 1 fully saturated rings. The van der Waals surface area contributed by atoms with Crippen molar-refractivity contribution in [2.75, 3.05) is 19.6 Å². The van der Waals surface area contributed by atoms with E-state index in [0.717, 1.165) is 32.5 Å². The molecule has 1 atom stereocenters. The molecule has 0 aromatic carbocycles. The van der Waals surface area contributed by atoms with Crippen LogP contribution in [0.4, 0.5) is 0 Å². The van der Waals surface area contributed by atoms with Crippen LogP contribution in [0.3, 0.4) is 0 Å². The molecule has 1 aliphatic heterocycles. The van der Waals surface area contributed by atoms with Gasteiger partial charge in [-0.15, -0.1) is 0 Å². The molecule has 0 aromatic rings. The van der Waals surface area contributed by atoms with Crippen LogP contribution in [0.1, 0.15) is 26.2 Å². The maximum atomic E-state index is 10.4. The molecular weight excluding hydrogens is 178 g/mol. The quantitative estimate of drug-likeness (QED) is 0.683. The van der Waals surface area contributed by atoms with E-state index in [1.54, 1.807) is 0 Å². The van der Waals surface area contributed by atoms with E-state index in [-0.39, 0.29) is 0 Å². The molecule has 1 rings (SSSR count). The molecule has 3 heteroatoms. The average molecular weight is 197 g/mol. The number of hydrogen-bond acceptors (Lipinski definition) is 2. The molecule has 3 nitrogen and oxygen atoms in total. The molecule has 0 bridgehead atoms. The summed E-state index contributed by atoms with van der Waals surface area (Å²) in [5.74, 6) is -0.103. The van der Waals surface area contributed by atoms with Crippen molar-refractivity contribution in [3.05, 3.63) is 12.2 Å². The Morgan fingerprint density at radius 3 is 2.93 bits per heavy atom. The van der Waals surface area contributed by atoms with E-state index in [2.05, 4.69) is 11.5 Å². The van der Waals surface area contributed by atoms with Gasteiger partial charge in [-0.1, -0.05) is 12.2 Å². The van der Waals surface area contributed by atoms with Gasteiger partial charge in [-0.05, 0) is 32.2 Å². The molecular formula is C11H19NO2. The van der Waals surface area contributed by atoms with Gasteiger partial charge in [0.1, 0.15) is 0 Å². The van der Waals surface area contributed by atoms with Crippen LogP contribution in [0.25, 0.3) is 0 Å². The molecule has 1 aliphatic rings. The first-order valence-corrected chi connectivity index (χ1v) is 5.16. The van der Waals surface area contributed by atoms with Gasteiger partial charge in [-0.25, -0.2) is 0 Å². The second-order valence-electron chi connectivity index (χ2n) is 4.28. The van der Waals surface area contributed by atoms with E-state index in [9.17, 15) is 4.79 Å². The molecule has 1 heterocycles. The van der Waals surface area contributed by atoms with Crippen LogP contribution in [0.2, 0.25) is 0 Å². The van der Waals surface area contributed by atoms with E-state index in [4.69, 9.17) is 5.11 Å². The van der Waals surface area contributed by atoms with Gasteiger partial charge in [0.2, 0.25) is 0 Å². The van der Waals surface area contributed by atoms with Crippen molar-refractivity contribution in [1.29, 1.82) is 0 Å². The predicted octanol–water partition coefficient (Wildman–Crippen LogP) is 1.75. The summed E-state index contributed by atoms with van der Waals surface area (Å²) in [5.41, 5.74) is 1.18. The van der Waals surface area contributed by atoms with E-state index < -0.39 is 5.97 Å². The first-order valence-electron chi connectivity index (χ1n) is 5.16. The number of carboxylic acid groups (broad SMARTS) is 1. The van der Waals surface area contributed by atoms with E-state index in [0.29, 0.717) is 12.3 Å². The highest BCUT2D eigenvalue weighted by Crippen LogP contribution is 2.21. The maximum Gasteiger partial charge on any atom is 0.303 e. The Hall–Kier alpha value is -0.830. The monoisotopic (exact) mass is 197 g/mol. The van der Waals surface area contributed by atoms with Gasteiger partial charge in [0.05, 0.1) is 0 Å². The van der Waals surface area contributed by atoms with Gasteiger partial charge in [0.25, 0.3) is 0 Å². The summed E-state index contributed by atoms with van der Waals surface area (Å²) in [5, 5.41) is 8.56. The minimum absolute atomic E-state index is 0.311. The molecule has 1 saturated heterocycles. The lowest BCUT2D eigenvalue weighted by Crippen LogP contribution is -2.22. The van der Waals surface area contributed by atoms with Crippen molar-refractivity contribution in [3.63, 3.8) is 0 Å². The largest absolute Gasteiger partial charge is 0.481 e. The van der Waals surface area contributed by atoms with Gasteiger partial charge < -0.3 is 5.11 Å². The van der Waals surface area contributed by atoms with Crippen LogP contribution in [-0.2, 0) is 4.79 Å². The number of hydrogen-bond donors (Lipinski definition) is 1. The first-order chi connectivity index (χ1) is 6.58. The van der Waals surface area contributed by atoms with Crippen LogP contribution in [0, 0.1) is 5.92 Å². The Balaban J connectivity index is 2.20. The topological polar surface area (TPSA) is 40.5 Å². The molecule has 0 spiro atoms. The zero-order chi connectivity index (χ0) is 10.6. The zero-order valence-electron chi connectivity index (χ0n) is 8.83. The normalized spacial score (nSPS) is 22.5. The molecule has 1 unspecified atom stereocenters. The molecule has 14 heavy (non-hydrogen) atoms. The van der Waals surface area contributed by atoms with Crippen LogP contribution in [0.15, 0.2) is 12.2 Å². The molecule has 0 aromatic heterocycles. The van der Waals surface area contributed by atoms with Crippen molar-refractivity contribution in [1.82, 2.24) is 4.90 Å². The lowest BCUT2D eigenvalue weighted by Gasteiger charge is -2.15. The van der Waals surface area contributed by atoms with E-state index in [1.807, 2.05) is 6.92 Å². The number of aliphatic carboxylic acids is 1. The Morgan fingerprint density at radius 2 is 2.36 bits per heavy atom. The van der Waals surface area contributed by atoms with Gasteiger partial charge in [0, 0.05) is 19.5 Å². The van der Waals surface area contributed by atoms with Crippen molar-refractivity contribution in [3.8, 4) is 0 Å². The highest BCUT2D eigenvalue weighted by atomic mass is 16.4. The Labute approximate surface area is 85.4 Å². The first kappa shape index (κ1) is 11.2. The van der Waals surface area contributed by atoms with Crippen LogP contribution < -0.4 is 0 Å². The fourth-order valence-electron chi connectivity index (χ4n) is 2.00. The van der Waals surface area contributed by atoms with Crippen molar-refractivity contribution in [2.45, 2.75) is 26.2 Å². The number of nitrogens with zero attached hydrogens (tertiary/aromatic N) is 1. The summed E-state index contributed by atoms with van der Waals surface area (Å²) >= 11 is 0. The SMILES string of the molecule is C=C(C)CN1CCC(CCC(=O)O)C1. The van der Waals surface area contributed by atoms with Crippen molar-refractivity contribution >= 4 is 5.97 Å². The second-order valence-corrected chi connectivity index (χ2v) is 4.28. The molecule has 0 saturated carbocycles. The summed E-state index contributed by atoms with van der Waals surface area (Å²) in [6.45, 7) is 9.01. The molecule has 1 N–H and O–H groups in total. The van der Waals surface area contributed by atoms with Crippen molar-refractivity contribution < 1.29 is 9.90 Å². The summed E-state index contributed by atoms with van der Waals surface area (Å²) in [4.78, 5) is 12.7. The highest BCUT2D eigenvalue weighted by Gasteiger charge is 2.22. The van der Waals surface area contributed by atoms with Gasteiger partial charge in [-0.2, -0.15) is 0 Å². The summed E-state index contributed by atoms with van der Waals surface area (Å²) in [6, 6.07) is 0. The number of rotatable bonds is 5. The second kappa shape index (κ2) is 5.15. The standard InChI is InChI=1S/C11H19NO2/c1-9(2)7-12-6-5-10(8-12)3-4-11(13)14/h10H,1,3-8H2,2H3,(H,13,14). The third-order valence-electron chi connectivity index (χ3n) is 2.63. The minimum atomic E-state index is -0.677. The van der Waals surface area contributed by atoms with Gasteiger partial charge in [0.15, 0.2) is 0 Å². The van der Waals surface area contributed by atoms with Crippen LogP contribution in [0.5, 0.6) is 0 Å². The van der Waals surface area contributed by atoms with E-state index in [1.165, 1.54) is 5.57 Å². The smallest absolute Gasteiger partial charge is 0.303 e. The Bertz CT molecular complexity index is 225. The molecule has 0 aliphatic carbocycles. The molecule has 0 amide bonds. The van der Waals surface area contributed by atoms with Crippen LogP contribution in [-0.4, -0.2) is 35.6 Å². The fraction of sp³-hybridized carbons (Fsp3) is 0.727.